The first-order valence-corrected chi connectivity index (χ1v) is 7.89. The lowest BCUT2D eigenvalue weighted by Gasteiger charge is -2.39. The summed E-state index contributed by atoms with van der Waals surface area (Å²) < 4.78 is 0. The fourth-order valence-corrected chi connectivity index (χ4v) is 2.93. The second kappa shape index (κ2) is 6.20. The maximum atomic E-state index is 12.4. The van der Waals surface area contributed by atoms with Crippen LogP contribution in [-0.2, 0) is 0 Å². The Morgan fingerprint density at radius 2 is 1.62 bits per heavy atom. The summed E-state index contributed by atoms with van der Waals surface area (Å²) in [6.07, 6.45) is 5.06. The van der Waals surface area contributed by atoms with Gasteiger partial charge in [-0.25, -0.2) is 0 Å². The van der Waals surface area contributed by atoms with Crippen molar-refractivity contribution >= 4 is 5.91 Å². The normalized spacial score (nSPS) is 14.2. The van der Waals surface area contributed by atoms with E-state index in [1.54, 1.807) is 35.6 Å². The maximum Gasteiger partial charge on any atom is 0.272 e. The summed E-state index contributed by atoms with van der Waals surface area (Å²) in [7, 11) is 0. The minimum absolute atomic E-state index is 0.0306. The Kier molecular flexibility index (Phi) is 3.75. The predicted octanol–water partition coefficient (Wildman–Crippen LogP) is 2.78. The highest BCUT2D eigenvalue weighted by molar-refractivity contribution is 5.93. The van der Waals surface area contributed by atoms with E-state index < -0.39 is 0 Å². The van der Waals surface area contributed by atoms with Crippen molar-refractivity contribution in [3.63, 3.8) is 0 Å². The van der Waals surface area contributed by atoms with Gasteiger partial charge in [-0.1, -0.05) is 36.4 Å². The first-order valence-electron chi connectivity index (χ1n) is 7.89. The Hall–Kier alpha value is -3.08. The third-order valence-electron chi connectivity index (χ3n) is 4.21. The Morgan fingerprint density at radius 3 is 2.38 bits per heavy atom. The topological polar surface area (TPSA) is 59.0 Å². The van der Waals surface area contributed by atoms with Gasteiger partial charge in [0.2, 0.25) is 0 Å². The maximum absolute atomic E-state index is 12.4. The lowest BCUT2D eigenvalue weighted by molar-refractivity contribution is 0.0592. The van der Waals surface area contributed by atoms with E-state index in [-0.39, 0.29) is 11.8 Å². The molecular weight excluding hydrogens is 300 g/mol. The third kappa shape index (κ3) is 2.65. The number of carbonyl (C=O) groups excluding carboxylic acids is 1. The minimum atomic E-state index is -0.0306. The molecule has 0 spiro atoms. The van der Waals surface area contributed by atoms with E-state index in [0.717, 1.165) is 17.0 Å². The fraction of sp³-hybridized carbons (Fsp3) is 0.158. The largest absolute Gasteiger partial charge is 0.336 e. The Labute approximate surface area is 140 Å². The van der Waals surface area contributed by atoms with Crippen LogP contribution in [0.15, 0.2) is 67.1 Å². The van der Waals surface area contributed by atoms with Gasteiger partial charge in [0.1, 0.15) is 5.69 Å². The number of pyridine rings is 1. The number of nitrogens with zero attached hydrogens (tertiary/aromatic N) is 4. The van der Waals surface area contributed by atoms with Crippen LogP contribution in [-0.4, -0.2) is 38.8 Å². The molecule has 0 N–H and O–H groups in total. The molecule has 0 radical (unpaired) electrons. The van der Waals surface area contributed by atoms with Crippen LogP contribution in [0, 0.1) is 0 Å². The monoisotopic (exact) mass is 316 g/mol. The highest BCUT2D eigenvalue weighted by Crippen LogP contribution is 2.32. The molecule has 5 heteroatoms. The van der Waals surface area contributed by atoms with Crippen molar-refractivity contribution in [1.82, 2.24) is 19.9 Å². The summed E-state index contributed by atoms with van der Waals surface area (Å²) in [6.45, 7) is 1.29. The van der Waals surface area contributed by atoms with Crippen LogP contribution < -0.4 is 0 Å². The van der Waals surface area contributed by atoms with E-state index in [4.69, 9.17) is 0 Å². The van der Waals surface area contributed by atoms with Crippen molar-refractivity contribution < 1.29 is 4.79 Å². The Bertz CT molecular complexity index is 846. The number of amides is 1. The molecule has 3 heterocycles. The molecular formula is C19H16N4O. The summed E-state index contributed by atoms with van der Waals surface area (Å²) in [6, 6.07) is 15.4. The highest BCUT2D eigenvalue weighted by atomic mass is 16.2. The van der Waals surface area contributed by atoms with Crippen molar-refractivity contribution in [2.75, 3.05) is 13.1 Å². The number of rotatable bonds is 3. The van der Waals surface area contributed by atoms with Gasteiger partial charge in [0.25, 0.3) is 5.91 Å². The van der Waals surface area contributed by atoms with Crippen molar-refractivity contribution in [3.8, 4) is 11.3 Å². The minimum Gasteiger partial charge on any atom is -0.336 e. The van der Waals surface area contributed by atoms with Crippen LogP contribution in [0.3, 0.4) is 0 Å². The van der Waals surface area contributed by atoms with Gasteiger partial charge < -0.3 is 4.90 Å². The molecule has 1 fully saturated rings. The molecule has 2 aromatic heterocycles. The summed E-state index contributed by atoms with van der Waals surface area (Å²) in [5, 5.41) is 0. The van der Waals surface area contributed by atoms with Crippen LogP contribution in [0.5, 0.6) is 0 Å². The van der Waals surface area contributed by atoms with Crippen molar-refractivity contribution in [3.05, 3.63) is 78.5 Å². The first kappa shape index (κ1) is 14.5. The molecule has 5 nitrogen and oxygen atoms in total. The van der Waals surface area contributed by atoms with Gasteiger partial charge in [-0.05, 0) is 12.1 Å². The molecule has 1 amide bonds. The van der Waals surface area contributed by atoms with Crippen LogP contribution in [0.2, 0.25) is 0 Å². The van der Waals surface area contributed by atoms with Crippen molar-refractivity contribution in [2.45, 2.75) is 5.92 Å². The van der Waals surface area contributed by atoms with Gasteiger partial charge >= 0.3 is 0 Å². The average molecular weight is 316 g/mol. The van der Waals surface area contributed by atoms with Gasteiger partial charge in [0.15, 0.2) is 0 Å². The predicted molar refractivity (Wildman–Crippen MR) is 90.3 cm³/mol. The average Bonchev–Trinajstić information content (AvgIpc) is 2.62. The summed E-state index contributed by atoms with van der Waals surface area (Å²) in [4.78, 5) is 27.3. The molecule has 0 atom stereocenters. The molecule has 1 saturated heterocycles. The third-order valence-corrected chi connectivity index (χ3v) is 4.21. The number of likely N-dealkylation sites (tertiary alicyclic amines) is 1. The molecule has 0 bridgehead atoms. The zero-order valence-corrected chi connectivity index (χ0v) is 13.0. The van der Waals surface area contributed by atoms with E-state index in [2.05, 4.69) is 15.0 Å². The van der Waals surface area contributed by atoms with Crippen molar-refractivity contribution in [2.24, 2.45) is 0 Å². The van der Waals surface area contributed by atoms with Crippen molar-refractivity contribution in [1.29, 1.82) is 0 Å². The van der Waals surface area contributed by atoms with Crippen LogP contribution in [0.1, 0.15) is 22.1 Å². The second-order valence-corrected chi connectivity index (χ2v) is 5.78. The fourth-order valence-electron chi connectivity index (χ4n) is 2.93. The van der Waals surface area contributed by atoms with E-state index >= 15 is 0 Å². The van der Waals surface area contributed by atoms with Gasteiger partial charge in [-0.15, -0.1) is 0 Å². The lowest BCUT2D eigenvalue weighted by Crippen LogP contribution is -2.49. The molecule has 118 valence electrons. The molecule has 1 aliphatic rings. The molecule has 4 rings (SSSR count). The lowest BCUT2D eigenvalue weighted by atomic mass is 9.92. The number of aromatic nitrogens is 3. The van der Waals surface area contributed by atoms with Gasteiger partial charge in [0.05, 0.1) is 11.4 Å². The first-order chi connectivity index (χ1) is 11.8. The Morgan fingerprint density at radius 1 is 0.875 bits per heavy atom. The van der Waals surface area contributed by atoms with Gasteiger partial charge in [-0.3, -0.25) is 19.7 Å². The quantitative estimate of drug-likeness (QED) is 0.745. The van der Waals surface area contributed by atoms with Crippen LogP contribution in [0.4, 0.5) is 0 Å². The van der Waals surface area contributed by atoms with E-state index in [1.807, 2.05) is 36.4 Å². The standard InChI is InChI=1S/C19H16N4O/c24-19(16-8-4-5-9-20-16)23-12-15(13-23)18-17(21-10-11-22-18)14-6-2-1-3-7-14/h1-11,15H,12-13H2. The molecule has 3 aromatic rings. The number of hydrogen-bond acceptors (Lipinski definition) is 4. The summed E-state index contributed by atoms with van der Waals surface area (Å²) >= 11 is 0. The highest BCUT2D eigenvalue weighted by Gasteiger charge is 2.35. The van der Waals surface area contributed by atoms with Crippen LogP contribution in [0.25, 0.3) is 11.3 Å². The molecule has 0 unspecified atom stereocenters. The van der Waals surface area contributed by atoms with Gasteiger partial charge in [-0.2, -0.15) is 0 Å². The van der Waals surface area contributed by atoms with Crippen LogP contribution >= 0.6 is 0 Å². The zero-order valence-electron chi connectivity index (χ0n) is 13.0. The van der Waals surface area contributed by atoms with Gasteiger partial charge in [0, 0.05) is 43.2 Å². The molecule has 0 aliphatic carbocycles. The zero-order chi connectivity index (χ0) is 16.4. The molecule has 1 aromatic carbocycles. The second-order valence-electron chi connectivity index (χ2n) is 5.78. The molecule has 1 aliphatic heterocycles. The van der Waals surface area contributed by atoms with E-state index in [0.29, 0.717) is 18.8 Å². The smallest absolute Gasteiger partial charge is 0.272 e. The SMILES string of the molecule is O=C(c1ccccn1)N1CC(c2nccnc2-c2ccccc2)C1. The number of benzene rings is 1. The van der Waals surface area contributed by atoms with E-state index in [9.17, 15) is 4.79 Å². The van der Waals surface area contributed by atoms with E-state index in [1.165, 1.54) is 0 Å². The number of hydrogen-bond donors (Lipinski definition) is 0. The number of carbonyl (C=O) groups is 1. The molecule has 24 heavy (non-hydrogen) atoms. The Balaban J connectivity index is 1.53. The summed E-state index contributed by atoms with van der Waals surface area (Å²) in [5.41, 5.74) is 3.38. The summed E-state index contributed by atoms with van der Waals surface area (Å²) in [5.74, 6) is 0.179. The molecule has 0 saturated carbocycles.